The van der Waals surface area contributed by atoms with Gasteiger partial charge >= 0.3 is 0 Å². The molecule has 0 saturated carbocycles. The lowest BCUT2D eigenvalue weighted by Gasteiger charge is -2.06. The molecule has 0 aliphatic heterocycles. The van der Waals surface area contributed by atoms with E-state index in [0.717, 1.165) is 28.0 Å². The van der Waals surface area contributed by atoms with Crippen LogP contribution in [0.1, 0.15) is 11.3 Å². The maximum absolute atomic E-state index is 5.95. The van der Waals surface area contributed by atoms with Gasteiger partial charge in [-0.3, -0.25) is 0 Å². The molecule has 3 heteroatoms. The molecule has 3 rings (SSSR count). The van der Waals surface area contributed by atoms with Crippen molar-refractivity contribution in [2.75, 3.05) is 0 Å². The van der Waals surface area contributed by atoms with Crippen LogP contribution in [0.4, 0.5) is 0 Å². The third-order valence-corrected chi connectivity index (χ3v) is 3.23. The Bertz CT molecular complexity index is 716. The highest BCUT2D eigenvalue weighted by Gasteiger charge is 2.06. The van der Waals surface area contributed by atoms with Crippen molar-refractivity contribution in [3.8, 4) is 5.75 Å². The van der Waals surface area contributed by atoms with Crippen molar-refractivity contribution in [3.05, 3.63) is 64.9 Å². The highest BCUT2D eigenvalue weighted by molar-refractivity contribution is 6.31. The van der Waals surface area contributed by atoms with E-state index in [4.69, 9.17) is 20.8 Å². The molecule has 2 nitrogen and oxygen atoms in total. The van der Waals surface area contributed by atoms with Crippen LogP contribution in [0.25, 0.3) is 11.0 Å². The maximum atomic E-state index is 5.95. The molecule has 0 aliphatic rings. The third kappa shape index (κ3) is 2.59. The van der Waals surface area contributed by atoms with E-state index in [-0.39, 0.29) is 0 Å². The summed E-state index contributed by atoms with van der Waals surface area (Å²) in [6.07, 6.45) is 0. The number of para-hydroxylation sites is 1. The molecule has 2 aromatic carbocycles. The Morgan fingerprint density at radius 3 is 2.79 bits per heavy atom. The van der Waals surface area contributed by atoms with Crippen molar-refractivity contribution in [1.82, 2.24) is 0 Å². The van der Waals surface area contributed by atoms with Crippen LogP contribution in [0, 0.1) is 6.92 Å². The first-order valence-corrected chi connectivity index (χ1v) is 6.46. The molecule has 19 heavy (non-hydrogen) atoms. The minimum Gasteiger partial charge on any atom is -0.485 e. The molecule has 1 aromatic heterocycles. The van der Waals surface area contributed by atoms with Gasteiger partial charge in [0.1, 0.15) is 23.7 Å². The summed E-state index contributed by atoms with van der Waals surface area (Å²) in [6, 6.07) is 15.5. The van der Waals surface area contributed by atoms with E-state index in [1.54, 1.807) is 0 Å². The zero-order chi connectivity index (χ0) is 13.2. The first-order valence-electron chi connectivity index (χ1n) is 6.09. The predicted molar refractivity (Wildman–Crippen MR) is 76.7 cm³/mol. The smallest absolute Gasteiger partial charge is 0.146 e. The van der Waals surface area contributed by atoms with Crippen molar-refractivity contribution in [2.24, 2.45) is 0 Å². The van der Waals surface area contributed by atoms with Gasteiger partial charge in [-0.2, -0.15) is 0 Å². The lowest BCUT2D eigenvalue weighted by Crippen LogP contribution is -1.95. The zero-order valence-electron chi connectivity index (χ0n) is 10.5. The number of ether oxygens (including phenoxy) is 1. The molecule has 0 bridgehead atoms. The lowest BCUT2D eigenvalue weighted by molar-refractivity contribution is 0.273. The Labute approximate surface area is 116 Å². The minimum absolute atomic E-state index is 0.414. The Morgan fingerprint density at radius 2 is 1.95 bits per heavy atom. The highest BCUT2D eigenvalue weighted by Crippen LogP contribution is 2.24. The number of aryl methyl sites for hydroxylation is 1. The summed E-state index contributed by atoms with van der Waals surface area (Å²) >= 11 is 5.95. The second-order valence-electron chi connectivity index (χ2n) is 4.45. The van der Waals surface area contributed by atoms with Crippen LogP contribution >= 0.6 is 11.6 Å². The molecule has 0 amide bonds. The molecule has 0 N–H and O–H groups in total. The third-order valence-electron chi connectivity index (χ3n) is 2.99. The Balaban J connectivity index is 1.80. The Kier molecular flexibility index (Phi) is 3.18. The molecule has 0 fully saturated rings. The summed E-state index contributed by atoms with van der Waals surface area (Å²) < 4.78 is 11.5. The standard InChI is InChI=1S/C16H13ClO2/c1-11-4-2-3-5-15(11)18-10-14-9-12-8-13(17)6-7-16(12)19-14/h2-9H,10H2,1H3. The lowest BCUT2D eigenvalue weighted by atomic mass is 10.2. The summed E-state index contributed by atoms with van der Waals surface area (Å²) in [6.45, 7) is 2.44. The first kappa shape index (κ1) is 12.1. The molecular formula is C16H13ClO2. The predicted octanol–water partition coefficient (Wildman–Crippen LogP) is 4.97. The van der Waals surface area contributed by atoms with Crippen LogP contribution in [0.5, 0.6) is 5.75 Å². The van der Waals surface area contributed by atoms with Gasteiger partial charge in [-0.15, -0.1) is 0 Å². The monoisotopic (exact) mass is 272 g/mol. The van der Waals surface area contributed by atoms with E-state index in [2.05, 4.69) is 0 Å². The average Bonchev–Trinajstić information content (AvgIpc) is 2.79. The van der Waals surface area contributed by atoms with Crippen molar-refractivity contribution >= 4 is 22.6 Å². The molecule has 3 aromatic rings. The largest absolute Gasteiger partial charge is 0.485 e. The van der Waals surface area contributed by atoms with Crippen molar-refractivity contribution in [1.29, 1.82) is 0 Å². The van der Waals surface area contributed by atoms with Crippen LogP contribution in [-0.4, -0.2) is 0 Å². The Morgan fingerprint density at radius 1 is 1.11 bits per heavy atom. The molecule has 0 radical (unpaired) electrons. The van der Waals surface area contributed by atoms with Gasteiger partial charge in [-0.1, -0.05) is 29.8 Å². The summed E-state index contributed by atoms with van der Waals surface area (Å²) in [5.74, 6) is 1.67. The minimum atomic E-state index is 0.414. The topological polar surface area (TPSA) is 22.4 Å². The number of halogens is 1. The number of hydrogen-bond acceptors (Lipinski definition) is 2. The highest BCUT2D eigenvalue weighted by atomic mass is 35.5. The van der Waals surface area contributed by atoms with E-state index in [9.17, 15) is 0 Å². The summed E-state index contributed by atoms with van der Waals surface area (Å²) in [5.41, 5.74) is 1.94. The fourth-order valence-electron chi connectivity index (χ4n) is 2.01. The van der Waals surface area contributed by atoms with Crippen LogP contribution < -0.4 is 4.74 Å². The molecule has 0 aliphatic carbocycles. The maximum Gasteiger partial charge on any atom is 0.146 e. The molecule has 96 valence electrons. The fourth-order valence-corrected chi connectivity index (χ4v) is 2.19. The molecule has 0 saturated heterocycles. The van der Waals surface area contributed by atoms with E-state index in [0.29, 0.717) is 11.6 Å². The number of hydrogen-bond donors (Lipinski definition) is 0. The van der Waals surface area contributed by atoms with Gasteiger partial charge in [0.25, 0.3) is 0 Å². The Hall–Kier alpha value is -1.93. The molecule has 1 heterocycles. The summed E-state index contributed by atoms with van der Waals surface area (Å²) in [4.78, 5) is 0. The van der Waals surface area contributed by atoms with E-state index in [1.165, 1.54) is 0 Å². The SMILES string of the molecule is Cc1ccccc1OCc1cc2cc(Cl)ccc2o1. The zero-order valence-corrected chi connectivity index (χ0v) is 11.3. The van der Waals surface area contributed by atoms with Gasteiger partial charge in [0, 0.05) is 10.4 Å². The van der Waals surface area contributed by atoms with Crippen molar-refractivity contribution in [2.45, 2.75) is 13.5 Å². The molecule has 0 spiro atoms. The van der Waals surface area contributed by atoms with Crippen LogP contribution in [0.3, 0.4) is 0 Å². The van der Waals surface area contributed by atoms with Crippen LogP contribution in [0.2, 0.25) is 5.02 Å². The van der Waals surface area contributed by atoms with Crippen LogP contribution in [-0.2, 0) is 6.61 Å². The number of benzene rings is 2. The molecule has 0 unspecified atom stereocenters. The van der Waals surface area contributed by atoms with Crippen LogP contribution in [0.15, 0.2) is 52.9 Å². The van der Waals surface area contributed by atoms with E-state index >= 15 is 0 Å². The molecule has 0 atom stereocenters. The quantitative estimate of drug-likeness (QED) is 0.671. The van der Waals surface area contributed by atoms with Crippen molar-refractivity contribution < 1.29 is 9.15 Å². The van der Waals surface area contributed by atoms with Gasteiger partial charge in [-0.05, 0) is 42.8 Å². The average molecular weight is 273 g/mol. The number of furan rings is 1. The normalized spacial score (nSPS) is 10.8. The number of fused-ring (bicyclic) bond motifs is 1. The second-order valence-corrected chi connectivity index (χ2v) is 4.89. The van der Waals surface area contributed by atoms with Crippen molar-refractivity contribution in [3.63, 3.8) is 0 Å². The molecular weight excluding hydrogens is 260 g/mol. The van der Waals surface area contributed by atoms with Gasteiger partial charge in [0.2, 0.25) is 0 Å². The summed E-state index contributed by atoms with van der Waals surface area (Å²) in [7, 11) is 0. The summed E-state index contributed by atoms with van der Waals surface area (Å²) in [5, 5.41) is 1.70. The fraction of sp³-hybridized carbons (Fsp3) is 0.125. The van der Waals surface area contributed by atoms with Gasteiger partial charge < -0.3 is 9.15 Å². The van der Waals surface area contributed by atoms with Gasteiger partial charge in [0.05, 0.1) is 0 Å². The first-order chi connectivity index (χ1) is 9.22. The van der Waals surface area contributed by atoms with Gasteiger partial charge in [-0.25, -0.2) is 0 Å². The van der Waals surface area contributed by atoms with E-state index < -0.39 is 0 Å². The second kappa shape index (κ2) is 4.98. The number of rotatable bonds is 3. The van der Waals surface area contributed by atoms with E-state index in [1.807, 2.05) is 55.5 Å². The van der Waals surface area contributed by atoms with Gasteiger partial charge in [0.15, 0.2) is 0 Å².